The summed E-state index contributed by atoms with van der Waals surface area (Å²) in [4.78, 5) is 3.72. The number of imidazole rings is 1. The largest absolute Gasteiger partial charge is 0.389 e. The maximum atomic E-state index is 11.8. The van der Waals surface area contributed by atoms with Crippen LogP contribution in [0.1, 0.15) is 19.3 Å². The lowest BCUT2D eigenvalue weighted by atomic mass is 9.81. The van der Waals surface area contributed by atoms with E-state index in [4.69, 9.17) is 11.6 Å². The Bertz CT molecular complexity index is 502. The first-order chi connectivity index (χ1) is 7.82. The minimum Gasteiger partial charge on any atom is -0.389 e. The molecule has 1 saturated carbocycles. The van der Waals surface area contributed by atoms with Gasteiger partial charge in [-0.2, -0.15) is 0 Å². The topological polar surface area (TPSA) is 84.2 Å². The molecule has 1 aromatic rings. The Balaban J connectivity index is 2.08. The zero-order valence-corrected chi connectivity index (χ0v) is 10.9. The summed E-state index contributed by atoms with van der Waals surface area (Å²) in [7, 11) is -2.09. The van der Waals surface area contributed by atoms with Crippen LogP contribution in [0.15, 0.2) is 11.2 Å². The Labute approximate surface area is 105 Å². The van der Waals surface area contributed by atoms with E-state index in [0.717, 1.165) is 6.42 Å². The van der Waals surface area contributed by atoms with Crippen LogP contribution in [0.25, 0.3) is 0 Å². The molecule has 2 rings (SSSR count). The van der Waals surface area contributed by atoms with Crippen LogP contribution >= 0.6 is 11.6 Å². The number of nitrogens with one attached hydrogen (secondary N) is 1. The predicted octanol–water partition coefficient (Wildman–Crippen LogP) is 0.267. The molecule has 96 valence electrons. The molecule has 0 atom stereocenters. The lowest BCUT2D eigenvalue weighted by Crippen LogP contribution is -2.47. The van der Waals surface area contributed by atoms with Crippen molar-refractivity contribution in [2.45, 2.75) is 29.9 Å². The Morgan fingerprint density at radius 3 is 2.71 bits per heavy atom. The normalized spacial score (nSPS) is 19.0. The van der Waals surface area contributed by atoms with Crippen molar-refractivity contribution < 1.29 is 13.5 Å². The van der Waals surface area contributed by atoms with Crippen LogP contribution in [0.3, 0.4) is 0 Å². The van der Waals surface area contributed by atoms with Gasteiger partial charge in [0.1, 0.15) is 0 Å². The molecule has 6 nitrogen and oxygen atoms in total. The smallest absolute Gasteiger partial charge is 0.259 e. The molecule has 0 amide bonds. The second-order valence-electron chi connectivity index (χ2n) is 4.36. The van der Waals surface area contributed by atoms with Crippen molar-refractivity contribution in [2.24, 2.45) is 7.05 Å². The van der Waals surface area contributed by atoms with Crippen molar-refractivity contribution in [1.82, 2.24) is 14.3 Å². The fourth-order valence-corrected chi connectivity index (χ4v) is 2.91. The Kier molecular flexibility index (Phi) is 3.19. The van der Waals surface area contributed by atoms with Crippen LogP contribution in [-0.4, -0.2) is 35.2 Å². The molecule has 0 spiro atoms. The lowest BCUT2D eigenvalue weighted by Gasteiger charge is -2.36. The molecule has 0 aliphatic heterocycles. The Morgan fingerprint density at radius 1 is 1.65 bits per heavy atom. The van der Waals surface area contributed by atoms with Crippen LogP contribution in [-0.2, 0) is 17.1 Å². The summed E-state index contributed by atoms with van der Waals surface area (Å²) in [6.07, 6.45) is 3.50. The third-order valence-corrected chi connectivity index (χ3v) is 4.57. The third kappa shape index (κ3) is 2.62. The molecular formula is C9H14ClN3O3S. The van der Waals surface area contributed by atoms with E-state index < -0.39 is 15.6 Å². The van der Waals surface area contributed by atoms with Crippen molar-refractivity contribution in [2.75, 3.05) is 6.54 Å². The second-order valence-corrected chi connectivity index (χ2v) is 6.41. The maximum Gasteiger partial charge on any atom is 0.259 e. The molecule has 1 aromatic heterocycles. The van der Waals surface area contributed by atoms with Crippen LogP contribution in [0.4, 0.5) is 0 Å². The van der Waals surface area contributed by atoms with Crippen molar-refractivity contribution >= 4 is 21.6 Å². The number of sulfonamides is 1. The first-order valence-electron chi connectivity index (χ1n) is 5.23. The van der Waals surface area contributed by atoms with Gasteiger partial charge in [0.2, 0.25) is 5.28 Å². The van der Waals surface area contributed by atoms with Gasteiger partial charge in [0.25, 0.3) is 10.0 Å². The second kappa shape index (κ2) is 4.24. The number of hydrogen-bond acceptors (Lipinski definition) is 4. The van der Waals surface area contributed by atoms with Gasteiger partial charge < -0.3 is 9.67 Å². The summed E-state index contributed by atoms with van der Waals surface area (Å²) < 4.78 is 27.4. The highest BCUT2D eigenvalue weighted by Crippen LogP contribution is 2.31. The molecule has 0 unspecified atom stereocenters. The number of hydrogen-bond donors (Lipinski definition) is 2. The van der Waals surface area contributed by atoms with Gasteiger partial charge in [-0.25, -0.2) is 18.1 Å². The molecule has 1 aliphatic carbocycles. The number of nitrogens with zero attached hydrogens (tertiary/aromatic N) is 2. The van der Waals surface area contributed by atoms with Gasteiger partial charge in [0.05, 0.1) is 5.60 Å². The highest BCUT2D eigenvalue weighted by molar-refractivity contribution is 7.89. The molecule has 0 saturated heterocycles. The van der Waals surface area contributed by atoms with E-state index in [2.05, 4.69) is 9.71 Å². The molecule has 1 fully saturated rings. The standard InChI is InChI=1S/C9H14ClN3O3S/c1-13-5-7(12-8(13)10)17(15,16)11-6-9(14)3-2-4-9/h5,11,14H,2-4,6H2,1H3. The van der Waals surface area contributed by atoms with E-state index >= 15 is 0 Å². The minimum atomic E-state index is -3.70. The summed E-state index contributed by atoms with van der Waals surface area (Å²) >= 11 is 5.67. The summed E-state index contributed by atoms with van der Waals surface area (Å²) in [5, 5.41) is 9.77. The first-order valence-corrected chi connectivity index (χ1v) is 7.09. The zero-order chi connectivity index (χ0) is 12.7. The van der Waals surface area contributed by atoms with E-state index in [1.807, 2.05) is 0 Å². The monoisotopic (exact) mass is 279 g/mol. The fourth-order valence-electron chi connectivity index (χ4n) is 1.61. The Morgan fingerprint density at radius 2 is 2.29 bits per heavy atom. The molecule has 17 heavy (non-hydrogen) atoms. The predicted molar refractivity (Wildman–Crippen MR) is 62.2 cm³/mol. The third-order valence-electron chi connectivity index (χ3n) is 2.95. The van der Waals surface area contributed by atoms with Crippen LogP contribution in [0.5, 0.6) is 0 Å². The summed E-state index contributed by atoms with van der Waals surface area (Å²) in [6, 6.07) is 0. The fraction of sp³-hybridized carbons (Fsp3) is 0.667. The molecule has 0 aromatic carbocycles. The van der Waals surface area contributed by atoms with E-state index in [0.29, 0.717) is 12.8 Å². The van der Waals surface area contributed by atoms with E-state index in [-0.39, 0.29) is 16.9 Å². The van der Waals surface area contributed by atoms with Gasteiger partial charge in [-0.1, -0.05) is 0 Å². The molecule has 1 heterocycles. The van der Waals surface area contributed by atoms with Crippen LogP contribution < -0.4 is 4.72 Å². The van der Waals surface area contributed by atoms with Gasteiger partial charge in [-0.3, -0.25) is 0 Å². The molecular weight excluding hydrogens is 266 g/mol. The van der Waals surface area contributed by atoms with E-state index in [9.17, 15) is 13.5 Å². The summed E-state index contributed by atoms with van der Waals surface area (Å²) in [5.41, 5.74) is -0.897. The number of aliphatic hydroxyl groups is 1. The SMILES string of the molecule is Cn1cc(S(=O)(=O)NCC2(O)CCC2)nc1Cl. The lowest BCUT2D eigenvalue weighted by molar-refractivity contribution is -0.0271. The number of aromatic nitrogens is 2. The summed E-state index contributed by atoms with van der Waals surface area (Å²) in [5.74, 6) is 0. The number of aryl methyl sites for hydroxylation is 1. The van der Waals surface area contributed by atoms with Crippen LogP contribution in [0, 0.1) is 0 Å². The van der Waals surface area contributed by atoms with Crippen molar-refractivity contribution in [3.05, 3.63) is 11.5 Å². The van der Waals surface area contributed by atoms with Gasteiger partial charge in [0.15, 0.2) is 5.03 Å². The highest BCUT2D eigenvalue weighted by Gasteiger charge is 2.35. The van der Waals surface area contributed by atoms with Gasteiger partial charge in [0, 0.05) is 19.8 Å². The first kappa shape index (κ1) is 12.8. The van der Waals surface area contributed by atoms with Gasteiger partial charge >= 0.3 is 0 Å². The van der Waals surface area contributed by atoms with E-state index in [1.165, 1.54) is 10.8 Å². The van der Waals surface area contributed by atoms with E-state index in [1.54, 1.807) is 7.05 Å². The molecule has 2 N–H and O–H groups in total. The molecule has 1 aliphatic rings. The van der Waals surface area contributed by atoms with Crippen LogP contribution in [0.2, 0.25) is 5.28 Å². The quantitative estimate of drug-likeness (QED) is 0.828. The van der Waals surface area contributed by atoms with Crippen molar-refractivity contribution in [1.29, 1.82) is 0 Å². The zero-order valence-electron chi connectivity index (χ0n) is 9.35. The minimum absolute atomic E-state index is 0.0174. The van der Waals surface area contributed by atoms with Crippen molar-refractivity contribution in [3.63, 3.8) is 0 Å². The highest BCUT2D eigenvalue weighted by atomic mass is 35.5. The summed E-state index contributed by atoms with van der Waals surface area (Å²) in [6.45, 7) is 0.0174. The number of rotatable bonds is 4. The number of halogens is 1. The average molecular weight is 280 g/mol. The maximum absolute atomic E-state index is 11.8. The molecule has 0 bridgehead atoms. The average Bonchev–Trinajstić information content (AvgIpc) is 2.54. The molecule has 0 radical (unpaired) electrons. The van der Waals surface area contributed by atoms with Crippen molar-refractivity contribution in [3.8, 4) is 0 Å². The van der Waals surface area contributed by atoms with Gasteiger partial charge in [-0.05, 0) is 30.9 Å². The van der Waals surface area contributed by atoms with Gasteiger partial charge in [-0.15, -0.1) is 0 Å². The Hall–Kier alpha value is -0.630. The molecule has 8 heteroatoms.